The number of amides is 1. The first-order valence-corrected chi connectivity index (χ1v) is 3.79. The Bertz CT molecular complexity index is 67.4. The van der Waals surface area contributed by atoms with E-state index in [1.165, 1.54) is 11.9 Å². The predicted molar refractivity (Wildman–Crippen MR) is 36.6 cm³/mol. The Hall–Kier alpha value is -0.180. The third kappa shape index (κ3) is 2.91. The molecule has 0 aliphatic rings. The molecule has 0 heterocycles. The van der Waals surface area contributed by atoms with E-state index in [1.807, 2.05) is 13.2 Å². The molecule has 0 aromatic rings. The maximum Gasteiger partial charge on any atom is 0.219 e. The van der Waals surface area contributed by atoms with Gasteiger partial charge in [0.15, 0.2) is 0 Å². The number of nitrogens with zero attached hydrogens (tertiary/aromatic N) is 1. The maximum atomic E-state index is 10.0. The van der Waals surface area contributed by atoms with Crippen LogP contribution in [-0.2, 0) is 4.79 Å². The number of carbonyl (C=O) groups is 1. The predicted octanol–water partition coefficient (Wildman–Crippen LogP) is 1.13. The second kappa shape index (κ2) is 4.97. The van der Waals surface area contributed by atoms with Crippen molar-refractivity contribution in [2.75, 3.05) is 12.8 Å². The van der Waals surface area contributed by atoms with Gasteiger partial charge in [-0.3, -0.25) is 9.10 Å². The van der Waals surface area contributed by atoms with E-state index in [1.54, 1.807) is 4.31 Å². The lowest BCUT2D eigenvalue weighted by molar-refractivity contribution is -0.113. The van der Waals surface area contributed by atoms with E-state index in [9.17, 15) is 4.79 Å². The summed E-state index contributed by atoms with van der Waals surface area (Å²) in [6.07, 6.45) is 3.78. The molecule has 0 atom stereocenters. The topological polar surface area (TPSA) is 20.3 Å². The third-order valence-electron chi connectivity index (χ3n) is 0.796. The lowest BCUT2D eigenvalue weighted by atomic mass is 10.5. The zero-order valence-corrected chi connectivity index (χ0v) is 6.07. The Morgan fingerprint density at radius 2 is 2.38 bits per heavy atom. The second-order valence-electron chi connectivity index (χ2n) is 1.43. The van der Waals surface area contributed by atoms with Crippen LogP contribution in [0.3, 0.4) is 0 Å². The lowest BCUT2D eigenvalue weighted by Gasteiger charge is -2.09. The van der Waals surface area contributed by atoms with Crippen LogP contribution in [0.2, 0.25) is 0 Å². The Balaban J connectivity index is 3.21. The van der Waals surface area contributed by atoms with Gasteiger partial charge in [0.2, 0.25) is 6.41 Å². The highest BCUT2D eigenvalue weighted by atomic mass is 32.2. The Kier molecular flexibility index (Phi) is 4.85. The maximum absolute atomic E-state index is 10.0. The average Bonchev–Trinajstić information content (AvgIpc) is 1.83. The molecular formula is C5H11NOS. The standard InChI is InChI=1S/C5H11NOS/c1-3-4-6(5-7)8-2/h5H,3-4H2,1-2H3. The average molecular weight is 133 g/mol. The van der Waals surface area contributed by atoms with Crippen LogP contribution in [0.5, 0.6) is 0 Å². The molecule has 0 radical (unpaired) electrons. The fraction of sp³-hybridized carbons (Fsp3) is 0.800. The van der Waals surface area contributed by atoms with Crippen molar-refractivity contribution in [2.24, 2.45) is 0 Å². The molecule has 0 fully saturated rings. The van der Waals surface area contributed by atoms with E-state index in [-0.39, 0.29) is 0 Å². The molecule has 0 saturated carbocycles. The van der Waals surface area contributed by atoms with Crippen LogP contribution in [0.15, 0.2) is 0 Å². The molecular weight excluding hydrogens is 122 g/mol. The summed E-state index contributed by atoms with van der Waals surface area (Å²) >= 11 is 1.46. The minimum atomic E-state index is 0.852. The van der Waals surface area contributed by atoms with Gasteiger partial charge in [-0.25, -0.2) is 0 Å². The van der Waals surface area contributed by atoms with Gasteiger partial charge in [-0.2, -0.15) is 0 Å². The molecule has 0 bridgehead atoms. The molecule has 0 saturated heterocycles. The Morgan fingerprint density at radius 1 is 1.75 bits per heavy atom. The summed E-state index contributed by atoms with van der Waals surface area (Å²) in [6.45, 7) is 2.90. The first kappa shape index (κ1) is 7.82. The van der Waals surface area contributed by atoms with Crippen LogP contribution in [0.1, 0.15) is 13.3 Å². The van der Waals surface area contributed by atoms with Crippen LogP contribution < -0.4 is 0 Å². The van der Waals surface area contributed by atoms with Gasteiger partial charge >= 0.3 is 0 Å². The summed E-state index contributed by atoms with van der Waals surface area (Å²) < 4.78 is 1.67. The van der Waals surface area contributed by atoms with Crippen molar-refractivity contribution in [1.29, 1.82) is 0 Å². The van der Waals surface area contributed by atoms with E-state index in [4.69, 9.17) is 0 Å². The summed E-state index contributed by atoms with van der Waals surface area (Å²) in [5, 5.41) is 0. The molecule has 0 rings (SSSR count). The normalized spacial score (nSPS) is 8.75. The molecule has 0 aromatic heterocycles. The smallest absolute Gasteiger partial charge is 0.219 e. The Morgan fingerprint density at radius 3 is 2.50 bits per heavy atom. The van der Waals surface area contributed by atoms with Crippen molar-refractivity contribution in [3.63, 3.8) is 0 Å². The molecule has 2 nitrogen and oxygen atoms in total. The minimum Gasteiger partial charge on any atom is -0.289 e. The summed E-state index contributed by atoms with van der Waals surface area (Å²) in [5.74, 6) is 0. The van der Waals surface area contributed by atoms with Crippen LogP contribution >= 0.6 is 11.9 Å². The molecule has 0 N–H and O–H groups in total. The Labute approximate surface area is 54.4 Å². The van der Waals surface area contributed by atoms with Crippen molar-refractivity contribution in [3.8, 4) is 0 Å². The molecule has 0 unspecified atom stereocenters. The van der Waals surface area contributed by atoms with Crippen molar-refractivity contribution in [1.82, 2.24) is 4.31 Å². The van der Waals surface area contributed by atoms with Crippen molar-refractivity contribution in [3.05, 3.63) is 0 Å². The zero-order valence-electron chi connectivity index (χ0n) is 5.26. The molecule has 1 amide bonds. The van der Waals surface area contributed by atoms with Gasteiger partial charge in [-0.15, -0.1) is 0 Å². The second-order valence-corrected chi connectivity index (χ2v) is 2.26. The molecule has 0 aromatic carbocycles. The summed E-state index contributed by atoms with van der Waals surface area (Å²) in [5.41, 5.74) is 0. The van der Waals surface area contributed by atoms with Crippen molar-refractivity contribution >= 4 is 18.4 Å². The molecule has 0 aliphatic heterocycles. The van der Waals surface area contributed by atoms with Gasteiger partial charge in [0.1, 0.15) is 0 Å². The van der Waals surface area contributed by atoms with E-state index in [2.05, 4.69) is 0 Å². The summed E-state index contributed by atoms with van der Waals surface area (Å²) in [7, 11) is 0. The van der Waals surface area contributed by atoms with Crippen LogP contribution in [0.4, 0.5) is 0 Å². The monoisotopic (exact) mass is 133 g/mol. The van der Waals surface area contributed by atoms with Crippen LogP contribution in [0.25, 0.3) is 0 Å². The van der Waals surface area contributed by atoms with Crippen LogP contribution in [0, 0.1) is 0 Å². The molecule has 0 spiro atoms. The van der Waals surface area contributed by atoms with E-state index in [0.717, 1.165) is 19.4 Å². The van der Waals surface area contributed by atoms with Crippen LogP contribution in [-0.4, -0.2) is 23.5 Å². The van der Waals surface area contributed by atoms with Gasteiger partial charge in [0, 0.05) is 12.8 Å². The first-order chi connectivity index (χ1) is 3.85. The van der Waals surface area contributed by atoms with Gasteiger partial charge in [0.25, 0.3) is 0 Å². The molecule has 48 valence electrons. The van der Waals surface area contributed by atoms with Crippen molar-refractivity contribution < 1.29 is 4.79 Å². The highest BCUT2D eigenvalue weighted by Crippen LogP contribution is 2.00. The van der Waals surface area contributed by atoms with E-state index >= 15 is 0 Å². The minimum absolute atomic E-state index is 0.852. The third-order valence-corrected chi connectivity index (χ3v) is 1.53. The zero-order chi connectivity index (χ0) is 6.41. The summed E-state index contributed by atoms with van der Waals surface area (Å²) in [6, 6.07) is 0. The number of hydrogen-bond donors (Lipinski definition) is 0. The van der Waals surface area contributed by atoms with Gasteiger partial charge in [-0.1, -0.05) is 18.9 Å². The van der Waals surface area contributed by atoms with Gasteiger partial charge in [-0.05, 0) is 6.42 Å². The summed E-state index contributed by atoms with van der Waals surface area (Å²) in [4.78, 5) is 10.0. The fourth-order valence-electron chi connectivity index (χ4n) is 0.407. The highest BCUT2D eigenvalue weighted by molar-refractivity contribution is 7.96. The molecule has 3 heteroatoms. The van der Waals surface area contributed by atoms with Gasteiger partial charge < -0.3 is 0 Å². The molecule has 0 aliphatic carbocycles. The van der Waals surface area contributed by atoms with Crippen molar-refractivity contribution in [2.45, 2.75) is 13.3 Å². The SMILES string of the molecule is CCCN(C=O)SC. The lowest BCUT2D eigenvalue weighted by Crippen LogP contribution is -2.12. The van der Waals surface area contributed by atoms with Gasteiger partial charge in [0.05, 0.1) is 0 Å². The number of carbonyl (C=O) groups excluding carboxylic acids is 1. The first-order valence-electron chi connectivity index (χ1n) is 2.61. The number of hydrogen-bond acceptors (Lipinski definition) is 2. The van der Waals surface area contributed by atoms with E-state index in [0.29, 0.717) is 0 Å². The van der Waals surface area contributed by atoms with E-state index < -0.39 is 0 Å². The molecule has 8 heavy (non-hydrogen) atoms. The highest BCUT2D eigenvalue weighted by Gasteiger charge is 1.92. The largest absolute Gasteiger partial charge is 0.289 e. The number of rotatable bonds is 4. The quantitative estimate of drug-likeness (QED) is 0.423. The fourth-order valence-corrected chi connectivity index (χ4v) is 0.859.